The van der Waals surface area contributed by atoms with E-state index in [0.29, 0.717) is 35.2 Å². The molecule has 2 aromatic carbocycles. The van der Waals surface area contributed by atoms with E-state index in [-0.39, 0.29) is 25.7 Å². The van der Waals surface area contributed by atoms with Crippen molar-refractivity contribution < 1.29 is 27.8 Å². The number of aromatic nitrogens is 3. The van der Waals surface area contributed by atoms with Gasteiger partial charge in [0.15, 0.2) is 5.76 Å². The molecular weight excluding hydrogens is 498 g/mol. The number of hydrogen-bond acceptors (Lipinski definition) is 8. The van der Waals surface area contributed by atoms with Gasteiger partial charge in [-0.2, -0.15) is 0 Å². The minimum Gasteiger partial charge on any atom is -0.487 e. The largest absolute Gasteiger partial charge is 0.487 e. The lowest BCUT2D eigenvalue weighted by Gasteiger charge is -2.11. The van der Waals surface area contributed by atoms with Crippen molar-refractivity contribution in [1.82, 2.24) is 14.8 Å². The Morgan fingerprint density at radius 1 is 0.974 bits per heavy atom. The molecule has 0 atom stereocenters. The molecule has 0 N–H and O–H groups in total. The molecular formula is C30H29N3O6. The third-order valence-corrected chi connectivity index (χ3v) is 6.01. The van der Waals surface area contributed by atoms with Gasteiger partial charge < -0.3 is 23.0 Å². The first-order valence-electron chi connectivity index (χ1n) is 12.6. The summed E-state index contributed by atoms with van der Waals surface area (Å²) in [6, 6.07) is 19.2. The van der Waals surface area contributed by atoms with Crippen LogP contribution in [0, 0.1) is 13.8 Å². The molecule has 0 saturated carbocycles. The molecule has 200 valence electrons. The summed E-state index contributed by atoms with van der Waals surface area (Å²) in [5.74, 6) is 2.16. The van der Waals surface area contributed by atoms with Gasteiger partial charge in [0.05, 0.1) is 19.4 Å². The molecule has 3 heterocycles. The lowest BCUT2D eigenvalue weighted by molar-refractivity contribution is 0.0521. The van der Waals surface area contributed by atoms with Gasteiger partial charge in [-0.15, -0.1) is 5.10 Å². The average molecular weight is 528 g/mol. The van der Waals surface area contributed by atoms with Gasteiger partial charge in [0, 0.05) is 6.20 Å². The van der Waals surface area contributed by atoms with Crippen LogP contribution in [0.3, 0.4) is 0 Å². The van der Waals surface area contributed by atoms with Gasteiger partial charge in [0.1, 0.15) is 36.0 Å². The molecule has 0 amide bonds. The van der Waals surface area contributed by atoms with Crippen LogP contribution >= 0.6 is 0 Å². The highest BCUT2D eigenvalue weighted by Crippen LogP contribution is 2.26. The van der Waals surface area contributed by atoms with Crippen molar-refractivity contribution in [2.24, 2.45) is 0 Å². The Balaban J connectivity index is 1.24. The number of hydrogen-bond donors (Lipinski definition) is 0. The van der Waals surface area contributed by atoms with Crippen LogP contribution in [0.1, 0.15) is 45.4 Å². The predicted molar refractivity (Wildman–Crippen MR) is 143 cm³/mol. The molecule has 9 nitrogen and oxygen atoms in total. The Morgan fingerprint density at radius 3 is 2.56 bits per heavy atom. The van der Waals surface area contributed by atoms with E-state index in [0.717, 1.165) is 22.4 Å². The number of rotatable bonds is 11. The van der Waals surface area contributed by atoms with Crippen LogP contribution in [0.2, 0.25) is 0 Å². The molecule has 3 aromatic heterocycles. The molecule has 0 aliphatic heterocycles. The van der Waals surface area contributed by atoms with Crippen molar-refractivity contribution >= 4 is 5.97 Å². The number of nitrogens with zero attached hydrogens (tertiary/aromatic N) is 3. The number of benzene rings is 2. The third kappa shape index (κ3) is 6.20. The van der Waals surface area contributed by atoms with E-state index < -0.39 is 5.97 Å². The van der Waals surface area contributed by atoms with Crippen molar-refractivity contribution in [2.45, 2.75) is 40.5 Å². The van der Waals surface area contributed by atoms with E-state index in [1.807, 2.05) is 62.4 Å². The van der Waals surface area contributed by atoms with Gasteiger partial charge >= 0.3 is 5.97 Å². The monoisotopic (exact) mass is 527 g/mol. The van der Waals surface area contributed by atoms with Crippen LogP contribution in [-0.4, -0.2) is 27.3 Å². The number of aryl methyl sites for hydroxylation is 2. The maximum atomic E-state index is 12.5. The number of carbonyl (C=O) groups excluding carboxylic acids is 1. The van der Waals surface area contributed by atoms with E-state index in [4.69, 9.17) is 23.0 Å². The molecule has 0 fully saturated rings. The van der Waals surface area contributed by atoms with Crippen LogP contribution in [0.4, 0.5) is 0 Å². The zero-order chi connectivity index (χ0) is 27.2. The molecule has 0 aliphatic carbocycles. The highest BCUT2D eigenvalue weighted by atomic mass is 16.5. The Kier molecular flexibility index (Phi) is 7.77. The highest BCUT2D eigenvalue weighted by Gasteiger charge is 2.20. The summed E-state index contributed by atoms with van der Waals surface area (Å²) < 4.78 is 30.0. The maximum absolute atomic E-state index is 12.5. The number of carbonyl (C=O) groups is 1. The predicted octanol–water partition coefficient (Wildman–Crippen LogP) is 6.13. The standard InChI is InChI=1S/C30H29N3O6/c1-4-35-30(34)24-17-33(16-22-9-6-5-7-10-22)32-28(24)38-18-23-12-13-26(20(2)15-23)37-19-25-21(3)39-29(31-25)27-11-8-14-36-27/h5-15,17H,4,16,18-19H2,1-3H3. The number of ether oxygens (including phenoxy) is 3. The Bertz CT molecular complexity index is 1540. The molecule has 9 heteroatoms. The van der Waals surface area contributed by atoms with Crippen molar-refractivity contribution in [3.05, 3.63) is 107 Å². The van der Waals surface area contributed by atoms with Crippen LogP contribution in [-0.2, 0) is 24.5 Å². The van der Waals surface area contributed by atoms with E-state index >= 15 is 0 Å². The maximum Gasteiger partial charge on any atom is 0.345 e. The zero-order valence-electron chi connectivity index (χ0n) is 22.0. The molecule has 5 rings (SSSR count). The topological polar surface area (TPSA) is 102 Å². The average Bonchev–Trinajstić information content (AvgIpc) is 3.68. The Morgan fingerprint density at radius 2 is 1.82 bits per heavy atom. The van der Waals surface area contributed by atoms with E-state index in [1.54, 1.807) is 36.2 Å². The summed E-state index contributed by atoms with van der Waals surface area (Å²) in [7, 11) is 0. The van der Waals surface area contributed by atoms with Crippen LogP contribution in [0.15, 0.2) is 82.0 Å². The second kappa shape index (κ2) is 11.7. The smallest absolute Gasteiger partial charge is 0.345 e. The first-order valence-corrected chi connectivity index (χ1v) is 12.6. The Hall–Kier alpha value is -4.79. The third-order valence-electron chi connectivity index (χ3n) is 6.01. The van der Waals surface area contributed by atoms with Crippen molar-refractivity contribution in [3.8, 4) is 23.3 Å². The van der Waals surface area contributed by atoms with Crippen molar-refractivity contribution in [2.75, 3.05) is 6.61 Å². The SMILES string of the molecule is CCOC(=O)c1cn(Cc2ccccc2)nc1OCc1ccc(OCc2nc(-c3ccco3)oc2C)c(C)c1. The quantitative estimate of drug-likeness (QED) is 0.189. The molecule has 0 radical (unpaired) electrons. The molecule has 0 spiro atoms. The second-order valence-corrected chi connectivity index (χ2v) is 8.93. The fourth-order valence-electron chi connectivity index (χ4n) is 4.04. The van der Waals surface area contributed by atoms with Gasteiger partial charge in [-0.3, -0.25) is 4.68 Å². The van der Waals surface area contributed by atoms with Crippen LogP contribution in [0.25, 0.3) is 11.7 Å². The van der Waals surface area contributed by atoms with Gasteiger partial charge in [0.2, 0.25) is 5.88 Å². The molecule has 5 aromatic rings. The van der Waals surface area contributed by atoms with E-state index in [2.05, 4.69) is 10.1 Å². The number of furan rings is 1. The fourth-order valence-corrected chi connectivity index (χ4v) is 4.04. The number of esters is 1. The van der Waals surface area contributed by atoms with Crippen LogP contribution in [0.5, 0.6) is 11.6 Å². The summed E-state index contributed by atoms with van der Waals surface area (Å²) in [6.45, 7) is 6.83. The summed E-state index contributed by atoms with van der Waals surface area (Å²) in [5, 5.41) is 4.50. The van der Waals surface area contributed by atoms with Gasteiger partial charge in [-0.05, 0) is 61.7 Å². The van der Waals surface area contributed by atoms with Gasteiger partial charge in [-0.25, -0.2) is 9.78 Å². The lowest BCUT2D eigenvalue weighted by atomic mass is 10.1. The second-order valence-electron chi connectivity index (χ2n) is 8.93. The molecule has 0 unspecified atom stereocenters. The molecule has 0 saturated heterocycles. The lowest BCUT2D eigenvalue weighted by Crippen LogP contribution is -2.07. The van der Waals surface area contributed by atoms with E-state index in [9.17, 15) is 4.79 Å². The Labute approximate surface area is 225 Å². The van der Waals surface area contributed by atoms with Gasteiger partial charge in [0.25, 0.3) is 5.89 Å². The summed E-state index contributed by atoms with van der Waals surface area (Å²) in [5.41, 5.74) is 3.90. The minimum absolute atomic E-state index is 0.227. The molecule has 0 bridgehead atoms. The summed E-state index contributed by atoms with van der Waals surface area (Å²) >= 11 is 0. The van der Waals surface area contributed by atoms with Gasteiger partial charge in [-0.1, -0.05) is 36.4 Å². The molecule has 39 heavy (non-hydrogen) atoms. The first kappa shape index (κ1) is 25.8. The zero-order valence-corrected chi connectivity index (χ0v) is 22.0. The van der Waals surface area contributed by atoms with Crippen molar-refractivity contribution in [3.63, 3.8) is 0 Å². The number of oxazole rings is 1. The first-order chi connectivity index (χ1) is 19.0. The van der Waals surface area contributed by atoms with E-state index in [1.165, 1.54) is 0 Å². The summed E-state index contributed by atoms with van der Waals surface area (Å²) in [6.07, 6.45) is 3.24. The molecule has 0 aliphatic rings. The van der Waals surface area contributed by atoms with Crippen molar-refractivity contribution in [1.29, 1.82) is 0 Å². The highest BCUT2D eigenvalue weighted by molar-refractivity contribution is 5.91. The summed E-state index contributed by atoms with van der Waals surface area (Å²) in [4.78, 5) is 17.0. The normalized spacial score (nSPS) is 10.9. The van der Waals surface area contributed by atoms with Crippen LogP contribution < -0.4 is 9.47 Å². The minimum atomic E-state index is -0.468. The fraction of sp³-hybridized carbons (Fsp3) is 0.233.